The van der Waals surface area contributed by atoms with Gasteiger partial charge in [-0.25, -0.2) is 13.2 Å². The van der Waals surface area contributed by atoms with E-state index in [-0.39, 0.29) is 4.90 Å². The van der Waals surface area contributed by atoms with Crippen molar-refractivity contribution >= 4 is 53.5 Å². The number of halogens is 2. The second kappa shape index (κ2) is 4.57. The molecule has 0 aromatic heterocycles. The summed E-state index contributed by atoms with van der Waals surface area (Å²) in [5.41, 5.74) is 0.317. The van der Waals surface area contributed by atoms with E-state index in [1.165, 1.54) is 18.2 Å². The molecule has 4 nitrogen and oxygen atoms in total. The first-order valence-electron chi connectivity index (χ1n) is 3.63. The normalized spacial score (nSPS) is 10.9. The first-order valence-corrected chi connectivity index (χ1v) is 7.11. The summed E-state index contributed by atoms with van der Waals surface area (Å²) in [5.74, 6) is 0. The zero-order valence-corrected chi connectivity index (χ0v) is 11.5. The lowest BCUT2D eigenvalue weighted by Crippen LogP contribution is -1.96. The third-order valence-corrected chi connectivity index (χ3v) is 3.88. The van der Waals surface area contributed by atoms with Crippen LogP contribution in [0.25, 0.3) is 0 Å². The molecule has 0 fully saturated rings. The molecule has 0 radical (unpaired) electrons. The monoisotopic (exact) mass is 353 g/mol. The zero-order valence-electron chi connectivity index (χ0n) is 7.49. The van der Waals surface area contributed by atoms with E-state index in [1.54, 1.807) is 0 Å². The van der Waals surface area contributed by atoms with Crippen LogP contribution in [0.15, 0.2) is 31.0 Å². The SMILES string of the molecule is CS(=O)(=O)c1cc(Br)c(N=C=O)c(Br)c1. The van der Waals surface area contributed by atoms with Gasteiger partial charge in [-0.1, -0.05) is 0 Å². The van der Waals surface area contributed by atoms with Gasteiger partial charge in [0.25, 0.3) is 0 Å². The van der Waals surface area contributed by atoms with E-state index >= 15 is 0 Å². The van der Waals surface area contributed by atoms with Crippen LogP contribution in [0.2, 0.25) is 0 Å². The molecule has 0 saturated heterocycles. The topological polar surface area (TPSA) is 63.6 Å². The van der Waals surface area contributed by atoms with E-state index in [0.29, 0.717) is 14.6 Å². The summed E-state index contributed by atoms with van der Waals surface area (Å²) in [7, 11) is -3.28. The summed E-state index contributed by atoms with van der Waals surface area (Å²) in [5, 5.41) is 0. The van der Waals surface area contributed by atoms with Gasteiger partial charge in [0.05, 0.1) is 4.90 Å². The number of hydrogen-bond donors (Lipinski definition) is 0. The van der Waals surface area contributed by atoms with Crippen LogP contribution in [0.4, 0.5) is 5.69 Å². The average molecular weight is 355 g/mol. The maximum atomic E-state index is 11.3. The van der Waals surface area contributed by atoms with Crippen molar-refractivity contribution in [1.82, 2.24) is 0 Å². The van der Waals surface area contributed by atoms with Crippen molar-refractivity contribution in [1.29, 1.82) is 0 Å². The predicted molar refractivity (Wildman–Crippen MR) is 62.7 cm³/mol. The summed E-state index contributed by atoms with van der Waals surface area (Å²) in [6.07, 6.45) is 2.49. The van der Waals surface area contributed by atoms with Gasteiger partial charge in [-0.3, -0.25) is 0 Å². The smallest absolute Gasteiger partial charge is 0.224 e. The molecular formula is C8H5Br2NO3S. The lowest BCUT2D eigenvalue weighted by Gasteiger charge is -2.03. The fraction of sp³-hybridized carbons (Fsp3) is 0.125. The Labute approximate surface area is 104 Å². The molecule has 0 atom stereocenters. The van der Waals surface area contributed by atoms with E-state index in [4.69, 9.17) is 0 Å². The van der Waals surface area contributed by atoms with Gasteiger partial charge in [0, 0.05) is 15.2 Å². The average Bonchev–Trinajstić information content (AvgIpc) is 2.09. The molecule has 1 aromatic carbocycles. The van der Waals surface area contributed by atoms with E-state index in [0.717, 1.165) is 6.26 Å². The molecule has 0 saturated carbocycles. The maximum absolute atomic E-state index is 11.3. The maximum Gasteiger partial charge on any atom is 0.240 e. The van der Waals surface area contributed by atoms with Crippen LogP contribution in [-0.4, -0.2) is 20.8 Å². The highest BCUT2D eigenvalue weighted by atomic mass is 79.9. The molecule has 0 aliphatic carbocycles. The number of sulfone groups is 1. The van der Waals surface area contributed by atoms with Gasteiger partial charge in [0.2, 0.25) is 6.08 Å². The summed E-state index contributed by atoms with van der Waals surface area (Å²) in [6, 6.07) is 2.77. The summed E-state index contributed by atoms with van der Waals surface area (Å²) in [6.45, 7) is 0. The standard InChI is InChI=1S/C8H5Br2NO3S/c1-15(13,14)5-2-6(9)8(11-4-12)7(10)3-5/h2-3H,1H3. The third-order valence-electron chi connectivity index (χ3n) is 1.58. The van der Waals surface area contributed by atoms with Gasteiger partial charge in [-0.2, -0.15) is 4.99 Å². The Morgan fingerprint density at radius 1 is 1.27 bits per heavy atom. The Kier molecular flexibility index (Phi) is 3.83. The van der Waals surface area contributed by atoms with Gasteiger partial charge in [-0.15, -0.1) is 0 Å². The molecule has 1 aromatic rings. The zero-order chi connectivity index (χ0) is 11.6. The molecule has 0 heterocycles. The number of nitrogens with zero attached hydrogens (tertiary/aromatic N) is 1. The molecule has 0 amide bonds. The number of hydrogen-bond acceptors (Lipinski definition) is 4. The van der Waals surface area contributed by atoms with Gasteiger partial charge >= 0.3 is 0 Å². The summed E-state index contributed by atoms with van der Waals surface area (Å²) >= 11 is 6.25. The Bertz CT molecular complexity index is 524. The van der Waals surface area contributed by atoms with Crippen molar-refractivity contribution in [3.63, 3.8) is 0 Å². The van der Waals surface area contributed by atoms with Crippen LogP contribution in [0.3, 0.4) is 0 Å². The van der Waals surface area contributed by atoms with Crippen molar-refractivity contribution in [2.24, 2.45) is 4.99 Å². The Hall–Kier alpha value is -0.490. The minimum atomic E-state index is -3.28. The minimum absolute atomic E-state index is 0.145. The van der Waals surface area contributed by atoms with Crippen molar-refractivity contribution in [2.75, 3.05) is 6.26 Å². The largest absolute Gasteiger partial charge is 0.240 e. The van der Waals surface area contributed by atoms with Crippen LogP contribution in [0, 0.1) is 0 Å². The molecular weight excluding hydrogens is 350 g/mol. The van der Waals surface area contributed by atoms with Crippen molar-refractivity contribution in [3.05, 3.63) is 21.1 Å². The van der Waals surface area contributed by atoms with Crippen molar-refractivity contribution in [2.45, 2.75) is 4.90 Å². The van der Waals surface area contributed by atoms with Crippen molar-refractivity contribution in [3.8, 4) is 0 Å². The summed E-state index contributed by atoms with van der Waals surface area (Å²) < 4.78 is 23.3. The predicted octanol–water partition coefficient (Wildman–Crippen LogP) is 2.58. The molecule has 0 aliphatic heterocycles. The highest BCUT2D eigenvalue weighted by Crippen LogP contribution is 2.35. The Morgan fingerprint density at radius 2 is 1.73 bits per heavy atom. The van der Waals surface area contributed by atoms with E-state index in [1.807, 2.05) is 0 Å². The lowest BCUT2D eigenvalue weighted by molar-refractivity contribution is 0.565. The second-order valence-corrected chi connectivity index (χ2v) is 6.44. The molecule has 7 heteroatoms. The first kappa shape index (κ1) is 12.6. The van der Waals surface area contributed by atoms with E-state index in [9.17, 15) is 13.2 Å². The molecule has 0 aliphatic rings. The molecule has 1 rings (SSSR count). The van der Waals surface area contributed by atoms with E-state index < -0.39 is 9.84 Å². The lowest BCUT2D eigenvalue weighted by atomic mass is 10.3. The molecule has 0 spiro atoms. The van der Waals surface area contributed by atoms with Gasteiger partial charge in [0.1, 0.15) is 5.69 Å². The molecule has 0 N–H and O–H groups in total. The van der Waals surface area contributed by atoms with Crippen molar-refractivity contribution < 1.29 is 13.2 Å². The van der Waals surface area contributed by atoms with Crippen LogP contribution >= 0.6 is 31.9 Å². The molecule has 0 unspecified atom stereocenters. The van der Waals surface area contributed by atoms with Gasteiger partial charge < -0.3 is 0 Å². The van der Waals surface area contributed by atoms with Gasteiger partial charge in [0.15, 0.2) is 9.84 Å². The van der Waals surface area contributed by atoms with E-state index in [2.05, 4.69) is 36.9 Å². The van der Waals surface area contributed by atoms with Gasteiger partial charge in [-0.05, 0) is 44.0 Å². The quantitative estimate of drug-likeness (QED) is 0.605. The highest BCUT2D eigenvalue weighted by Gasteiger charge is 2.13. The Balaban J connectivity index is 3.52. The molecule has 80 valence electrons. The highest BCUT2D eigenvalue weighted by molar-refractivity contribution is 9.11. The number of isocyanates is 1. The molecule has 0 bridgehead atoms. The third kappa shape index (κ3) is 2.98. The number of benzene rings is 1. The van der Waals surface area contributed by atoms with Crippen LogP contribution in [-0.2, 0) is 14.6 Å². The Morgan fingerprint density at radius 3 is 2.07 bits per heavy atom. The van der Waals surface area contributed by atoms with Crippen LogP contribution < -0.4 is 0 Å². The molecule has 15 heavy (non-hydrogen) atoms. The second-order valence-electron chi connectivity index (χ2n) is 2.71. The van der Waals surface area contributed by atoms with Crippen LogP contribution in [0.1, 0.15) is 0 Å². The fourth-order valence-corrected chi connectivity index (χ4v) is 3.24. The fourth-order valence-electron chi connectivity index (χ4n) is 0.909. The minimum Gasteiger partial charge on any atom is -0.224 e. The number of aliphatic imine (C=N–C) groups is 1. The number of carbonyl (C=O) groups excluding carboxylic acids is 1. The number of rotatable bonds is 2. The summed E-state index contributed by atoms with van der Waals surface area (Å²) in [4.78, 5) is 13.7. The van der Waals surface area contributed by atoms with Crippen LogP contribution in [0.5, 0.6) is 0 Å². The first-order chi connectivity index (χ1) is 6.86.